The fourth-order valence-corrected chi connectivity index (χ4v) is 2.11. The van der Waals surface area contributed by atoms with Crippen molar-refractivity contribution in [2.45, 2.75) is 26.7 Å². The average molecular weight is 313 g/mol. The lowest BCUT2D eigenvalue weighted by molar-refractivity contribution is -0.116. The molecule has 2 rings (SSSR count). The number of benzene rings is 2. The van der Waals surface area contributed by atoms with Gasteiger partial charge in [-0.15, -0.1) is 0 Å². The molecule has 0 saturated heterocycles. The van der Waals surface area contributed by atoms with Crippen LogP contribution in [0, 0.1) is 0 Å². The summed E-state index contributed by atoms with van der Waals surface area (Å²) in [6, 6.07) is 15.3. The van der Waals surface area contributed by atoms with E-state index in [1.54, 1.807) is 0 Å². The van der Waals surface area contributed by atoms with E-state index in [0.717, 1.165) is 23.6 Å². The number of nitrogens with one attached hydrogen (secondary N) is 1. The van der Waals surface area contributed by atoms with Crippen molar-refractivity contribution >= 4 is 11.6 Å². The standard InChI is InChI=1S/C19H23NO3/c1-3-15-5-9-18(10-6-15)23-14-13-19(21)20-16-7-11-17(12-8-16)22-4-2/h5-12H,3-4,13-14H2,1-2H3,(H,20,21). The van der Waals surface area contributed by atoms with Crippen LogP contribution in [0.5, 0.6) is 11.5 Å². The highest BCUT2D eigenvalue weighted by molar-refractivity contribution is 5.90. The molecule has 2 aromatic rings. The maximum absolute atomic E-state index is 11.9. The van der Waals surface area contributed by atoms with Crippen LogP contribution in [0.15, 0.2) is 48.5 Å². The first-order valence-corrected chi connectivity index (χ1v) is 7.95. The fraction of sp³-hybridized carbons (Fsp3) is 0.316. The molecule has 0 radical (unpaired) electrons. The Morgan fingerprint density at radius 2 is 1.52 bits per heavy atom. The van der Waals surface area contributed by atoms with Crippen molar-refractivity contribution in [3.05, 3.63) is 54.1 Å². The number of carbonyl (C=O) groups excluding carboxylic acids is 1. The molecule has 0 aliphatic heterocycles. The lowest BCUT2D eigenvalue weighted by atomic mass is 10.2. The van der Waals surface area contributed by atoms with E-state index in [1.165, 1.54) is 5.56 Å². The molecular weight excluding hydrogens is 290 g/mol. The third kappa shape index (κ3) is 5.66. The number of hydrogen-bond donors (Lipinski definition) is 1. The molecule has 4 heteroatoms. The second-order valence-electron chi connectivity index (χ2n) is 5.10. The van der Waals surface area contributed by atoms with Crippen LogP contribution in [0.3, 0.4) is 0 Å². The minimum Gasteiger partial charge on any atom is -0.494 e. The third-order valence-corrected chi connectivity index (χ3v) is 3.38. The van der Waals surface area contributed by atoms with E-state index in [2.05, 4.69) is 12.2 Å². The molecule has 0 atom stereocenters. The summed E-state index contributed by atoms with van der Waals surface area (Å²) >= 11 is 0. The third-order valence-electron chi connectivity index (χ3n) is 3.38. The van der Waals surface area contributed by atoms with E-state index in [1.807, 2.05) is 55.5 Å². The molecule has 23 heavy (non-hydrogen) atoms. The Labute approximate surface area is 137 Å². The van der Waals surface area contributed by atoms with Crippen molar-refractivity contribution in [2.24, 2.45) is 0 Å². The normalized spacial score (nSPS) is 10.2. The van der Waals surface area contributed by atoms with Gasteiger partial charge in [0.05, 0.1) is 19.6 Å². The molecule has 0 saturated carbocycles. The van der Waals surface area contributed by atoms with Gasteiger partial charge in [0, 0.05) is 5.69 Å². The highest BCUT2D eigenvalue weighted by Gasteiger charge is 2.03. The predicted octanol–water partition coefficient (Wildman–Crippen LogP) is 4.06. The van der Waals surface area contributed by atoms with Gasteiger partial charge >= 0.3 is 0 Å². The van der Waals surface area contributed by atoms with Crippen LogP contribution in [0.4, 0.5) is 5.69 Å². The number of amides is 1. The van der Waals surface area contributed by atoms with E-state index in [9.17, 15) is 4.79 Å². The Morgan fingerprint density at radius 1 is 0.913 bits per heavy atom. The van der Waals surface area contributed by atoms with Crippen molar-refractivity contribution in [1.29, 1.82) is 0 Å². The van der Waals surface area contributed by atoms with Gasteiger partial charge < -0.3 is 14.8 Å². The van der Waals surface area contributed by atoms with Gasteiger partial charge in [0.1, 0.15) is 11.5 Å². The highest BCUT2D eigenvalue weighted by atomic mass is 16.5. The van der Waals surface area contributed by atoms with E-state index < -0.39 is 0 Å². The lowest BCUT2D eigenvalue weighted by Gasteiger charge is -2.08. The summed E-state index contributed by atoms with van der Waals surface area (Å²) in [5, 5.41) is 2.84. The number of aryl methyl sites for hydroxylation is 1. The second-order valence-corrected chi connectivity index (χ2v) is 5.10. The van der Waals surface area contributed by atoms with E-state index in [0.29, 0.717) is 19.6 Å². The Balaban J connectivity index is 1.73. The maximum Gasteiger partial charge on any atom is 0.227 e. The molecule has 0 bridgehead atoms. The molecular formula is C19H23NO3. The summed E-state index contributed by atoms with van der Waals surface area (Å²) in [4.78, 5) is 11.9. The van der Waals surface area contributed by atoms with Crippen molar-refractivity contribution in [2.75, 3.05) is 18.5 Å². The Morgan fingerprint density at radius 3 is 2.13 bits per heavy atom. The Bertz CT molecular complexity index is 606. The number of anilines is 1. The van der Waals surface area contributed by atoms with Crippen molar-refractivity contribution in [3.8, 4) is 11.5 Å². The molecule has 2 aromatic carbocycles. The summed E-state index contributed by atoms with van der Waals surface area (Å²) in [5.74, 6) is 1.51. The van der Waals surface area contributed by atoms with Gasteiger partial charge in [-0.05, 0) is 55.3 Å². The van der Waals surface area contributed by atoms with E-state index in [-0.39, 0.29) is 5.91 Å². The molecule has 0 heterocycles. The molecule has 0 aliphatic carbocycles. The van der Waals surface area contributed by atoms with Gasteiger partial charge in [-0.1, -0.05) is 19.1 Å². The molecule has 1 N–H and O–H groups in total. The minimum atomic E-state index is -0.0701. The van der Waals surface area contributed by atoms with Gasteiger partial charge in [-0.2, -0.15) is 0 Å². The molecule has 0 unspecified atom stereocenters. The zero-order chi connectivity index (χ0) is 16.5. The molecule has 1 amide bonds. The van der Waals surface area contributed by atoms with Crippen molar-refractivity contribution < 1.29 is 14.3 Å². The Hall–Kier alpha value is -2.49. The quantitative estimate of drug-likeness (QED) is 0.799. The van der Waals surface area contributed by atoms with Gasteiger partial charge in [0.25, 0.3) is 0 Å². The summed E-state index contributed by atoms with van der Waals surface area (Å²) in [6.45, 7) is 5.03. The van der Waals surface area contributed by atoms with Crippen molar-refractivity contribution in [1.82, 2.24) is 0 Å². The molecule has 0 aliphatic rings. The van der Waals surface area contributed by atoms with Crippen LogP contribution in [0.1, 0.15) is 25.8 Å². The van der Waals surface area contributed by atoms with Crippen LogP contribution in [0.2, 0.25) is 0 Å². The van der Waals surface area contributed by atoms with Crippen LogP contribution in [-0.4, -0.2) is 19.1 Å². The highest BCUT2D eigenvalue weighted by Crippen LogP contribution is 2.16. The van der Waals surface area contributed by atoms with E-state index >= 15 is 0 Å². The number of rotatable bonds is 8. The SMILES string of the molecule is CCOc1ccc(NC(=O)CCOc2ccc(CC)cc2)cc1. The van der Waals surface area contributed by atoms with Gasteiger partial charge in [-0.3, -0.25) is 4.79 Å². The smallest absolute Gasteiger partial charge is 0.227 e. The lowest BCUT2D eigenvalue weighted by Crippen LogP contribution is -2.15. The monoisotopic (exact) mass is 313 g/mol. The summed E-state index contributed by atoms with van der Waals surface area (Å²) in [6.07, 6.45) is 1.31. The molecule has 0 aromatic heterocycles. The van der Waals surface area contributed by atoms with Gasteiger partial charge in [0.15, 0.2) is 0 Å². The first-order valence-electron chi connectivity index (χ1n) is 7.95. The van der Waals surface area contributed by atoms with Crippen LogP contribution in [0.25, 0.3) is 0 Å². The number of hydrogen-bond acceptors (Lipinski definition) is 3. The van der Waals surface area contributed by atoms with E-state index in [4.69, 9.17) is 9.47 Å². The first-order chi connectivity index (χ1) is 11.2. The minimum absolute atomic E-state index is 0.0701. The summed E-state index contributed by atoms with van der Waals surface area (Å²) < 4.78 is 10.9. The van der Waals surface area contributed by atoms with Crippen LogP contribution in [-0.2, 0) is 11.2 Å². The number of ether oxygens (including phenoxy) is 2. The molecule has 0 spiro atoms. The van der Waals surface area contributed by atoms with Gasteiger partial charge in [-0.25, -0.2) is 0 Å². The topological polar surface area (TPSA) is 47.6 Å². The van der Waals surface area contributed by atoms with Crippen molar-refractivity contribution in [3.63, 3.8) is 0 Å². The summed E-state index contributed by atoms with van der Waals surface area (Å²) in [7, 11) is 0. The molecule has 122 valence electrons. The molecule has 4 nitrogen and oxygen atoms in total. The largest absolute Gasteiger partial charge is 0.494 e. The first kappa shape index (κ1) is 16.9. The maximum atomic E-state index is 11.9. The zero-order valence-corrected chi connectivity index (χ0v) is 13.7. The molecule has 0 fully saturated rings. The predicted molar refractivity (Wildman–Crippen MR) is 92.2 cm³/mol. The Kier molecular flexibility index (Phi) is 6.48. The van der Waals surface area contributed by atoms with Crippen LogP contribution >= 0.6 is 0 Å². The average Bonchev–Trinajstić information content (AvgIpc) is 2.57. The number of carbonyl (C=O) groups is 1. The zero-order valence-electron chi connectivity index (χ0n) is 13.7. The summed E-state index contributed by atoms with van der Waals surface area (Å²) in [5.41, 5.74) is 2.02. The fourth-order valence-electron chi connectivity index (χ4n) is 2.11. The second kappa shape index (κ2) is 8.83. The van der Waals surface area contributed by atoms with Gasteiger partial charge in [0.2, 0.25) is 5.91 Å². The van der Waals surface area contributed by atoms with Crippen LogP contribution < -0.4 is 14.8 Å².